The molecule has 118 heavy (non-hydrogen) atoms. The molecule has 0 aliphatic carbocycles. The van der Waals surface area contributed by atoms with Crippen molar-refractivity contribution in [1.82, 2.24) is 0 Å². The molecular formula is C118H74. The molecule has 0 fully saturated rings. The molecule has 0 atom stereocenters. The van der Waals surface area contributed by atoms with E-state index >= 15 is 0 Å². The molecule has 0 nitrogen and oxygen atoms in total. The normalized spacial score (nSPS) is 11.7. The molecule has 0 heterocycles. The summed E-state index contributed by atoms with van der Waals surface area (Å²) in [6.45, 7) is 0. The van der Waals surface area contributed by atoms with Gasteiger partial charge < -0.3 is 0 Å². The fourth-order valence-corrected chi connectivity index (χ4v) is 20.0. The summed E-state index contributed by atoms with van der Waals surface area (Å²) < 4.78 is 0. The quantitative estimate of drug-likeness (QED) is 0.105. The molecule has 0 radical (unpaired) electrons. The zero-order valence-corrected chi connectivity index (χ0v) is 64.7. The van der Waals surface area contributed by atoms with Crippen LogP contribution in [0, 0.1) is 0 Å². The molecule has 0 aliphatic heterocycles. The van der Waals surface area contributed by atoms with E-state index in [1.54, 1.807) is 0 Å². The van der Waals surface area contributed by atoms with E-state index in [2.05, 4.69) is 449 Å². The smallest absolute Gasteiger partial charge is 0.00139 e. The van der Waals surface area contributed by atoms with E-state index in [1.807, 2.05) is 0 Å². The van der Waals surface area contributed by atoms with Crippen molar-refractivity contribution in [2.24, 2.45) is 0 Å². The van der Waals surface area contributed by atoms with Gasteiger partial charge in [-0.15, -0.1) is 0 Å². The maximum Gasteiger partial charge on any atom is -0.00139 e. The Hall–Kier alpha value is -15.3. The van der Waals surface area contributed by atoms with Crippen molar-refractivity contribution in [1.29, 1.82) is 0 Å². The van der Waals surface area contributed by atoms with Crippen LogP contribution in [0.2, 0.25) is 0 Å². The zero-order valence-electron chi connectivity index (χ0n) is 64.7. The maximum atomic E-state index is 2.37. The van der Waals surface area contributed by atoms with Crippen molar-refractivity contribution in [3.63, 3.8) is 0 Å². The Balaban J connectivity index is 0.0000000870. The number of rotatable bonds is 0. The van der Waals surface area contributed by atoms with E-state index < -0.39 is 0 Å². The Morgan fingerprint density at radius 3 is 0.432 bits per heavy atom. The first-order valence-electron chi connectivity index (χ1n) is 41.0. The third-order valence-corrected chi connectivity index (χ3v) is 25.1. The van der Waals surface area contributed by atoms with E-state index in [4.69, 9.17) is 0 Å². The average molecular weight is 1490 g/mol. The van der Waals surface area contributed by atoms with Gasteiger partial charge in [0, 0.05) is 0 Å². The molecule has 0 bridgehead atoms. The molecule has 546 valence electrons. The van der Waals surface area contributed by atoms with Gasteiger partial charge in [0.25, 0.3) is 0 Å². The number of hydrogen-bond donors (Lipinski definition) is 0. The Morgan fingerprint density at radius 2 is 0.195 bits per heavy atom. The van der Waals surface area contributed by atoms with Gasteiger partial charge >= 0.3 is 0 Å². The van der Waals surface area contributed by atoms with Crippen LogP contribution in [-0.2, 0) is 0 Å². The van der Waals surface area contributed by atoms with Crippen molar-refractivity contribution in [3.05, 3.63) is 449 Å². The third-order valence-electron chi connectivity index (χ3n) is 25.1. The molecule has 0 aliphatic rings. The van der Waals surface area contributed by atoms with Crippen LogP contribution in [-0.4, -0.2) is 0 Å². The first kappa shape index (κ1) is 68.3. The number of hydrogen-bond acceptors (Lipinski definition) is 0. The van der Waals surface area contributed by atoms with E-state index in [0.29, 0.717) is 0 Å². The predicted octanol–water partition coefficient (Wildman–Crippen LogP) is 33.8. The first-order chi connectivity index (χ1) is 58.6. The molecule has 27 aromatic carbocycles. The summed E-state index contributed by atoms with van der Waals surface area (Å²) >= 11 is 0. The van der Waals surface area contributed by atoms with Gasteiger partial charge in [0.2, 0.25) is 0 Å². The lowest BCUT2D eigenvalue weighted by atomic mass is 9.87. The van der Waals surface area contributed by atoms with Gasteiger partial charge in [0.1, 0.15) is 0 Å². The minimum absolute atomic E-state index is 1.30. The van der Waals surface area contributed by atoms with Crippen LogP contribution < -0.4 is 0 Å². The second-order valence-corrected chi connectivity index (χ2v) is 31.3. The standard InChI is InChI=1S/3C26H16.C22H14.C18H12/c1-5-13-21-17(9-1)18-10-2-6-14-22(18)26-24-16-8-4-12-20(24)19-11-3-7-15-23(19)25(21)26;1-3-9-19-17(7-1)13-15-23-21-11-5-6-12-22(21)24-16-14-18-8-2-4-10-20(18)26(24)25(19)23;1-2-9-19-16-25-24(15-18(19)8-1)22-12-6-5-11-21(22)23-14-13-17-7-3-4-10-20(17)26(23)25;1-2-8-16-15(7-1)13-14-21-19-11-4-3-9-17(19)18-10-5-6-12-20(18)22(16)21;1-2-8-14-13(7-1)15-9-3-4-11-17(15)18-12-6-5-10-16(14)18/h3*1-16H;1-14H;1-12H. The van der Waals surface area contributed by atoms with Crippen LogP contribution in [0.25, 0.3) is 237 Å². The Kier molecular flexibility index (Phi) is 16.4. The van der Waals surface area contributed by atoms with Crippen LogP contribution in [0.5, 0.6) is 0 Å². The predicted molar refractivity (Wildman–Crippen MR) is 517 cm³/mol. The molecule has 0 amide bonds. The first-order valence-corrected chi connectivity index (χ1v) is 41.0. The van der Waals surface area contributed by atoms with Crippen LogP contribution in [0.3, 0.4) is 0 Å². The van der Waals surface area contributed by atoms with Crippen LogP contribution in [0.1, 0.15) is 0 Å². The van der Waals surface area contributed by atoms with Crippen molar-refractivity contribution >= 4 is 237 Å². The SMILES string of the molecule is c1ccc2c(c1)c1ccccc1c1c3ccccc3c3ccccc3c21.c1ccc2c(c1)c1ccccc1c1ccccc21.c1ccc2c(c1)ccc1c3ccccc3c3ccc4ccccc4c3c21.c1ccc2c(c1)ccc1c3ccccc3c3ccccc3c21.c1ccc2cc3c(cc2c1)c1ccccc1c1ccc2ccccc2c13. The zero-order chi connectivity index (χ0) is 77.7. The maximum absolute atomic E-state index is 2.37. The summed E-state index contributed by atoms with van der Waals surface area (Å²) in [7, 11) is 0. The fraction of sp³-hybridized carbons (Fsp3) is 0. The molecule has 27 aromatic rings. The lowest BCUT2D eigenvalue weighted by Gasteiger charge is -2.16. The molecule has 0 saturated carbocycles. The number of benzene rings is 27. The molecule has 27 rings (SSSR count). The Bertz CT molecular complexity index is 8040. The minimum Gasteiger partial charge on any atom is -0.0616 e. The lowest BCUT2D eigenvalue weighted by molar-refractivity contribution is 1.77. The summed E-state index contributed by atoms with van der Waals surface area (Å²) in [4.78, 5) is 0. The van der Waals surface area contributed by atoms with Gasteiger partial charge in [-0.25, -0.2) is 0 Å². The monoisotopic (exact) mass is 1490 g/mol. The highest BCUT2D eigenvalue weighted by molar-refractivity contribution is 6.41. The van der Waals surface area contributed by atoms with Crippen molar-refractivity contribution in [2.45, 2.75) is 0 Å². The third kappa shape index (κ3) is 11.1. The van der Waals surface area contributed by atoms with E-state index in [9.17, 15) is 0 Å². The van der Waals surface area contributed by atoms with Gasteiger partial charge in [-0.05, 0) is 249 Å². The highest BCUT2D eigenvalue weighted by Crippen LogP contribution is 2.47. The summed E-state index contributed by atoms with van der Waals surface area (Å²) in [5.74, 6) is 0. The van der Waals surface area contributed by atoms with Crippen LogP contribution >= 0.6 is 0 Å². The largest absolute Gasteiger partial charge is 0.0616 e. The summed E-state index contributed by atoms with van der Waals surface area (Å²) in [5.41, 5.74) is 0. The highest BCUT2D eigenvalue weighted by Gasteiger charge is 2.19. The van der Waals surface area contributed by atoms with Crippen LogP contribution in [0.15, 0.2) is 449 Å². The van der Waals surface area contributed by atoms with Gasteiger partial charge in [-0.3, -0.25) is 0 Å². The Morgan fingerprint density at radius 1 is 0.0678 bits per heavy atom. The molecule has 0 N–H and O–H groups in total. The molecule has 0 spiro atoms. The molecule has 0 heteroatoms. The van der Waals surface area contributed by atoms with Crippen molar-refractivity contribution < 1.29 is 0 Å². The topological polar surface area (TPSA) is 0 Å². The van der Waals surface area contributed by atoms with Gasteiger partial charge in [0.05, 0.1) is 0 Å². The minimum atomic E-state index is 1.30. The molecule has 0 aromatic heterocycles. The fourth-order valence-electron chi connectivity index (χ4n) is 20.0. The van der Waals surface area contributed by atoms with E-state index in [1.165, 1.54) is 237 Å². The van der Waals surface area contributed by atoms with Gasteiger partial charge in [-0.1, -0.05) is 437 Å². The van der Waals surface area contributed by atoms with Gasteiger partial charge in [-0.2, -0.15) is 0 Å². The lowest BCUT2D eigenvalue weighted by Crippen LogP contribution is -1.87. The number of fused-ring (bicyclic) bond motifs is 44. The van der Waals surface area contributed by atoms with Gasteiger partial charge in [0.15, 0.2) is 0 Å². The second kappa shape index (κ2) is 28.3. The van der Waals surface area contributed by atoms with Crippen molar-refractivity contribution in [2.75, 3.05) is 0 Å². The highest BCUT2D eigenvalue weighted by atomic mass is 14.2. The Labute approximate surface area is 681 Å². The van der Waals surface area contributed by atoms with Crippen molar-refractivity contribution in [3.8, 4) is 0 Å². The van der Waals surface area contributed by atoms with E-state index in [-0.39, 0.29) is 0 Å². The second-order valence-electron chi connectivity index (χ2n) is 31.3. The van der Waals surface area contributed by atoms with Crippen LogP contribution in [0.4, 0.5) is 0 Å². The van der Waals surface area contributed by atoms with E-state index in [0.717, 1.165) is 0 Å². The summed E-state index contributed by atoms with van der Waals surface area (Å²) in [6.07, 6.45) is 0. The summed E-state index contributed by atoms with van der Waals surface area (Å²) in [6, 6.07) is 163. The average Bonchev–Trinajstić information content (AvgIpc) is 0.715. The summed E-state index contributed by atoms with van der Waals surface area (Å²) in [5, 5.41) is 58.7. The molecule has 0 unspecified atom stereocenters. The molecule has 0 saturated heterocycles. The molecular weight excluding hydrogens is 1420 g/mol.